The van der Waals surface area contributed by atoms with Gasteiger partial charge < -0.3 is 20.4 Å². The van der Waals surface area contributed by atoms with E-state index in [1.165, 1.54) is 6.42 Å². The van der Waals surface area contributed by atoms with E-state index >= 15 is 0 Å². The van der Waals surface area contributed by atoms with Gasteiger partial charge in [0.15, 0.2) is 0 Å². The van der Waals surface area contributed by atoms with Crippen molar-refractivity contribution in [3.63, 3.8) is 0 Å². The molecule has 0 spiro atoms. The Hall–Kier alpha value is 0.540. The zero-order chi connectivity index (χ0) is 11.3. The van der Waals surface area contributed by atoms with Crippen molar-refractivity contribution < 1.29 is 20.4 Å². The summed E-state index contributed by atoms with van der Waals surface area (Å²) in [6.45, 7) is -0.525. The van der Waals surface area contributed by atoms with Gasteiger partial charge in [-0.2, -0.15) is 0 Å². The third-order valence-corrected chi connectivity index (χ3v) is 5.30. The van der Waals surface area contributed by atoms with Crippen molar-refractivity contribution in [1.82, 2.24) is 0 Å². The van der Waals surface area contributed by atoms with E-state index in [1.54, 1.807) is 23.5 Å². The van der Waals surface area contributed by atoms with Gasteiger partial charge in [-0.1, -0.05) is 0 Å². The molecule has 6 heteroatoms. The molecule has 0 aromatic carbocycles. The summed E-state index contributed by atoms with van der Waals surface area (Å²) < 4.78 is 0.286. The molecule has 1 saturated heterocycles. The summed E-state index contributed by atoms with van der Waals surface area (Å²) in [4.78, 5) is 0. The SMILES string of the molecule is OC[C@@H](O)[C@@H](O)[C@H](O)CC1SCCCS1. The molecule has 0 radical (unpaired) electrons. The zero-order valence-electron chi connectivity index (χ0n) is 8.45. The molecule has 15 heavy (non-hydrogen) atoms. The highest BCUT2D eigenvalue weighted by atomic mass is 32.2. The molecule has 1 aliphatic heterocycles. The number of hydrogen-bond acceptors (Lipinski definition) is 6. The van der Waals surface area contributed by atoms with Crippen molar-refractivity contribution >= 4 is 23.5 Å². The van der Waals surface area contributed by atoms with Gasteiger partial charge >= 0.3 is 0 Å². The molecule has 0 aliphatic carbocycles. The first-order valence-electron chi connectivity index (χ1n) is 5.03. The first-order chi connectivity index (χ1) is 7.15. The first-order valence-corrected chi connectivity index (χ1v) is 7.13. The number of hydrogen-bond donors (Lipinski definition) is 4. The normalized spacial score (nSPS) is 24.8. The van der Waals surface area contributed by atoms with Crippen molar-refractivity contribution in [3.8, 4) is 0 Å². The van der Waals surface area contributed by atoms with Gasteiger partial charge in [0.1, 0.15) is 12.2 Å². The Morgan fingerprint density at radius 2 is 1.67 bits per heavy atom. The van der Waals surface area contributed by atoms with Crippen LogP contribution in [0.1, 0.15) is 12.8 Å². The average molecular weight is 254 g/mol. The second kappa shape index (κ2) is 6.98. The van der Waals surface area contributed by atoms with E-state index in [4.69, 9.17) is 10.2 Å². The third kappa shape index (κ3) is 4.50. The van der Waals surface area contributed by atoms with Crippen molar-refractivity contribution in [3.05, 3.63) is 0 Å². The molecule has 0 bridgehead atoms. The lowest BCUT2D eigenvalue weighted by atomic mass is 10.1. The lowest BCUT2D eigenvalue weighted by molar-refractivity contribution is -0.0769. The molecule has 4 nitrogen and oxygen atoms in total. The fraction of sp³-hybridized carbons (Fsp3) is 1.00. The van der Waals surface area contributed by atoms with E-state index < -0.39 is 24.9 Å². The van der Waals surface area contributed by atoms with E-state index in [-0.39, 0.29) is 4.58 Å². The van der Waals surface area contributed by atoms with Gasteiger partial charge in [0, 0.05) is 0 Å². The van der Waals surface area contributed by atoms with E-state index in [1.807, 2.05) is 0 Å². The Morgan fingerprint density at radius 1 is 1.07 bits per heavy atom. The van der Waals surface area contributed by atoms with Gasteiger partial charge in [-0.05, 0) is 24.3 Å². The van der Waals surface area contributed by atoms with E-state index in [9.17, 15) is 10.2 Å². The maximum absolute atomic E-state index is 9.62. The highest BCUT2D eigenvalue weighted by Gasteiger charge is 2.27. The minimum absolute atomic E-state index is 0.286. The molecule has 1 heterocycles. The summed E-state index contributed by atoms with van der Waals surface area (Å²) in [6, 6.07) is 0. The van der Waals surface area contributed by atoms with Crippen LogP contribution < -0.4 is 0 Å². The highest BCUT2D eigenvalue weighted by molar-refractivity contribution is 8.17. The van der Waals surface area contributed by atoms with E-state index in [2.05, 4.69) is 0 Å². The second-order valence-corrected chi connectivity index (χ2v) is 6.49. The minimum atomic E-state index is -1.25. The number of aliphatic hydroxyl groups is 4. The lowest BCUT2D eigenvalue weighted by Crippen LogP contribution is -2.40. The third-order valence-electron chi connectivity index (χ3n) is 2.31. The highest BCUT2D eigenvalue weighted by Crippen LogP contribution is 2.34. The minimum Gasteiger partial charge on any atom is -0.394 e. The van der Waals surface area contributed by atoms with Gasteiger partial charge in [-0.15, -0.1) is 23.5 Å². The van der Waals surface area contributed by atoms with Gasteiger partial charge in [-0.25, -0.2) is 0 Å². The van der Waals surface area contributed by atoms with Crippen molar-refractivity contribution in [2.24, 2.45) is 0 Å². The lowest BCUT2D eigenvalue weighted by Gasteiger charge is -2.27. The average Bonchev–Trinajstić information content (AvgIpc) is 2.28. The summed E-state index contributed by atoms with van der Waals surface area (Å²) in [7, 11) is 0. The molecule has 0 aromatic rings. The van der Waals surface area contributed by atoms with Crippen LogP contribution in [-0.4, -0.2) is 61.4 Å². The Morgan fingerprint density at radius 3 is 2.20 bits per heavy atom. The van der Waals surface area contributed by atoms with Crippen LogP contribution in [0.3, 0.4) is 0 Å². The van der Waals surface area contributed by atoms with Crippen LogP contribution >= 0.6 is 23.5 Å². The summed E-state index contributed by atoms with van der Waals surface area (Å²) in [5.41, 5.74) is 0. The second-order valence-electron chi connectivity index (χ2n) is 3.57. The van der Waals surface area contributed by atoms with E-state index in [0.717, 1.165) is 11.5 Å². The summed E-state index contributed by atoms with van der Waals surface area (Å²) in [5, 5.41) is 36.8. The topological polar surface area (TPSA) is 80.9 Å². The Labute approximate surface area is 98.1 Å². The van der Waals surface area contributed by atoms with Gasteiger partial charge in [0.2, 0.25) is 0 Å². The Balaban J connectivity index is 2.29. The van der Waals surface area contributed by atoms with Crippen LogP contribution in [0.4, 0.5) is 0 Å². The van der Waals surface area contributed by atoms with Crippen molar-refractivity contribution in [2.75, 3.05) is 18.1 Å². The number of aliphatic hydroxyl groups excluding tert-OH is 4. The van der Waals surface area contributed by atoms with Crippen LogP contribution in [0.15, 0.2) is 0 Å². The maximum Gasteiger partial charge on any atom is 0.108 e. The van der Waals surface area contributed by atoms with Crippen LogP contribution in [-0.2, 0) is 0 Å². The standard InChI is InChI=1S/C9H18O4S2/c10-5-7(12)9(13)6(11)4-8-14-2-1-3-15-8/h6-13H,1-5H2/t6-,7-,9+/m1/s1. The van der Waals surface area contributed by atoms with Gasteiger partial charge in [0.25, 0.3) is 0 Å². The predicted molar refractivity (Wildman–Crippen MR) is 63.0 cm³/mol. The zero-order valence-corrected chi connectivity index (χ0v) is 10.1. The molecule has 4 N–H and O–H groups in total. The molecular formula is C9H18O4S2. The maximum atomic E-state index is 9.62. The molecule has 90 valence electrons. The smallest absolute Gasteiger partial charge is 0.108 e. The summed E-state index contributed by atoms with van der Waals surface area (Å²) in [6.07, 6.45) is -1.83. The van der Waals surface area contributed by atoms with Crippen LogP contribution in [0.25, 0.3) is 0 Å². The molecule has 0 amide bonds. The van der Waals surface area contributed by atoms with Gasteiger partial charge in [0.05, 0.1) is 17.3 Å². The number of rotatable bonds is 5. The molecule has 0 saturated carbocycles. The molecule has 3 atom stereocenters. The molecule has 0 aromatic heterocycles. The van der Waals surface area contributed by atoms with Crippen LogP contribution in [0.2, 0.25) is 0 Å². The first kappa shape index (κ1) is 13.6. The fourth-order valence-electron chi connectivity index (χ4n) is 1.37. The fourth-order valence-corrected chi connectivity index (χ4v) is 4.33. The Kier molecular flexibility index (Phi) is 6.33. The van der Waals surface area contributed by atoms with E-state index in [0.29, 0.717) is 6.42 Å². The molecule has 1 fully saturated rings. The van der Waals surface area contributed by atoms with Crippen LogP contribution in [0, 0.1) is 0 Å². The van der Waals surface area contributed by atoms with Crippen LogP contribution in [0.5, 0.6) is 0 Å². The molecule has 1 aliphatic rings. The monoisotopic (exact) mass is 254 g/mol. The molecule has 1 rings (SSSR count). The van der Waals surface area contributed by atoms with Crippen molar-refractivity contribution in [1.29, 1.82) is 0 Å². The molecule has 0 unspecified atom stereocenters. The molecular weight excluding hydrogens is 236 g/mol. The quantitative estimate of drug-likeness (QED) is 0.537. The summed E-state index contributed by atoms with van der Waals surface area (Å²) in [5.74, 6) is 2.17. The van der Waals surface area contributed by atoms with Crippen molar-refractivity contribution in [2.45, 2.75) is 35.7 Å². The Bertz CT molecular complexity index is 175. The number of thioether (sulfide) groups is 2. The largest absolute Gasteiger partial charge is 0.394 e. The predicted octanol–water partition coefficient (Wildman–Crippen LogP) is -0.352. The summed E-state index contributed by atoms with van der Waals surface area (Å²) >= 11 is 3.55. The van der Waals surface area contributed by atoms with Gasteiger partial charge in [-0.3, -0.25) is 0 Å².